The molecule has 1 saturated heterocycles. The van der Waals surface area contributed by atoms with E-state index in [1.165, 1.54) is 4.90 Å². The molecule has 1 saturated carbocycles. The normalized spacial score (nSPS) is 28.4. The number of carbonyl (C=O) groups is 2. The van der Waals surface area contributed by atoms with Crippen LogP contribution in [0.3, 0.4) is 0 Å². The number of nitrogens with zero attached hydrogens (tertiary/aromatic N) is 3. The Labute approximate surface area is 165 Å². The lowest BCUT2D eigenvalue weighted by Crippen LogP contribution is -2.40. The Morgan fingerprint density at radius 1 is 1.18 bits per heavy atom. The Kier molecular flexibility index (Phi) is 5.24. The monoisotopic (exact) mass is 383 g/mol. The molecule has 2 amide bonds. The van der Waals surface area contributed by atoms with Crippen LogP contribution in [0, 0.1) is 23.7 Å². The molecule has 2 fully saturated rings. The molecule has 2 heterocycles. The van der Waals surface area contributed by atoms with Gasteiger partial charge in [0.25, 0.3) is 0 Å². The van der Waals surface area contributed by atoms with Gasteiger partial charge < -0.3 is 15.2 Å². The summed E-state index contributed by atoms with van der Waals surface area (Å²) in [5, 5.41) is 6.54. The van der Waals surface area contributed by atoms with Gasteiger partial charge in [-0.15, -0.1) is 0 Å². The van der Waals surface area contributed by atoms with Gasteiger partial charge in [0.05, 0.1) is 18.4 Å². The van der Waals surface area contributed by atoms with Gasteiger partial charge in [-0.05, 0) is 43.2 Å². The maximum atomic E-state index is 12.7. The van der Waals surface area contributed by atoms with E-state index in [4.69, 9.17) is 0 Å². The third-order valence-corrected chi connectivity index (χ3v) is 6.07. The second-order valence-electron chi connectivity index (χ2n) is 7.99. The summed E-state index contributed by atoms with van der Waals surface area (Å²) in [5.41, 5.74) is 1.16. The molecule has 1 aromatic rings. The van der Waals surface area contributed by atoms with Crippen LogP contribution in [0.1, 0.15) is 25.3 Å². The summed E-state index contributed by atoms with van der Waals surface area (Å²) in [7, 11) is 1.99. The predicted octanol–water partition coefficient (Wildman–Crippen LogP) is 1.28. The molecule has 4 rings (SSSR count). The van der Waals surface area contributed by atoms with Crippen molar-refractivity contribution in [1.29, 1.82) is 0 Å². The van der Waals surface area contributed by atoms with Crippen LogP contribution in [0.5, 0.6) is 0 Å². The fraction of sp³-hybridized carbons (Fsp3) is 0.571. The molecule has 0 spiro atoms. The van der Waals surface area contributed by atoms with E-state index < -0.39 is 0 Å². The average molecular weight is 383 g/mol. The van der Waals surface area contributed by atoms with E-state index in [0.717, 1.165) is 30.9 Å². The first-order valence-electron chi connectivity index (χ1n) is 10.2. The Morgan fingerprint density at radius 2 is 1.89 bits per heavy atom. The van der Waals surface area contributed by atoms with Crippen molar-refractivity contribution in [3.05, 3.63) is 36.2 Å². The highest BCUT2D eigenvalue weighted by Crippen LogP contribution is 2.52. The van der Waals surface area contributed by atoms with Gasteiger partial charge in [-0.3, -0.25) is 14.5 Å². The fourth-order valence-corrected chi connectivity index (χ4v) is 4.79. The molecule has 2 N–H and O–H groups in total. The zero-order valence-corrected chi connectivity index (χ0v) is 16.6. The SMILES string of the molecule is CCNC(=NCc1ccn(C)c1)NCCCN1C(=O)C2C3C=CC(C3)C2C1=O. The summed E-state index contributed by atoms with van der Waals surface area (Å²) in [6, 6.07) is 2.05. The Morgan fingerprint density at radius 3 is 2.50 bits per heavy atom. The predicted molar refractivity (Wildman–Crippen MR) is 107 cm³/mol. The van der Waals surface area contributed by atoms with E-state index >= 15 is 0 Å². The summed E-state index contributed by atoms with van der Waals surface area (Å²) in [6.07, 6.45) is 10.0. The molecule has 3 aliphatic rings. The highest BCUT2D eigenvalue weighted by atomic mass is 16.2. The van der Waals surface area contributed by atoms with E-state index in [2.05, 4.69) is 40.0 Å². The summed E-state index contributed by atoms with van der Waals surface area (Å²) >= 11 is 0. The van der Waals surface area contributed by atoms with Gasteiger partial charge in [-0.1, -0.05) is 12.2 Å². The maximum Gasteiger partial charge on any atom is 0.233 e. The largest absolute Gasteiger partial charge is 0.357 e. The van der Waals surface area contributed by atoms with Crippen molar-refractivity contribution in [2.75, 3.05) is 19.6 Å². The molecular weight excluding hydrogens is 354 g/mol. The molecule has 0 aromatic carbocycles. The van der Waals surface area contributed by atoms with Crippen molar-refractivity contribution in [3.8, 4) is 0 Å². The van der Waals surface area contributed by atoms with E-state index in [-0.39, 0.29) is 35.5 Å². The van der Waals surface area contributed by atoms with Crippen LogP contribution in [0.4, 0.5) is 0 Å². The highest BCUT2D eigenvalue weighted by molar-refractivity contribution is 6.06. The number of rotatable bonds is 7. The van der Waals surface area contributed by atoms with Crippen molar-refractivity contribution in [2.24, 2.45) is 35.7 Å². The zero-order valence-electron chi connectivity index (χ0n) is 16.6. The minimum Gasteiger partial charge on any atom is -0.357 e. The minimum atomic E-state index is -0.0970. The van der Waals surface area contributed by atoms with Gasteiger partial charge in [0.1, 0.15) is 0 Å². The first kappa shape index (κ1) is 18.8. The van der Waals surface area contributed by atoms with E-state index in [0.29, 0.717) is 19.6 Å². The molecule has 4 unspecified atom stereocenters. The number of hydrogen-bond acceptors (Lipinski definition) is 3. The molecule has 1 aliphatic heterocycles. The smallest absolute Gasteiger partial charge is 0.233 e. The Balaban J connectivity index is 1.26. The van der Waals surface area contributed by atoms with Crippen LogP contribution in [-0.2, 0) is 23.2 Å². The fourth-order valence-electron chi connectivity index (χ4n) is 4.79. The molecule has 7 heteroatoms. The van der Waals surface area contributed by atoms with Crippen LogP contribution in [0.2, 0.25) is 0 Å². The quantitative estimate of drug-likeness (QED) is 0.244. The number of aryl methyl sites for hydroxylation is 1. The number of carbonyl (C=O) groups excluding carboxylic acids is 2. The first-order chi connectivity index (χ1) is 13.6. The van der Waals surface area contributed by atoms with Gasteiger partial charge >= 0.3 is 0 Å². The highest BCUT2D eigenvalue weighted by Gasteiger charge is 2.58. The van der Waals surface area contributed by atoms with Crippen LogP contribution >= 0.6 is 0 Å². The first-order valence-corrected chi connectivity index (χ1v) is 10.2. The standard InChI is InChI=1S/C21H29N5O2/c1-3-22-21(24-12-14-7-10-25(2)13-14)23-8-4-9-26-19(27)17-15-5-6-16(11-15)18(17)20(26)28/h5-7,10,13,15-18H,3-4,8-9,11-12H2,1-2H3,(H2,22,23,24). The molecular formula is C21H29N5O2. The average Bonchev–Trinajstić information content (AvgIpc) is 3.43. The summed E-state index contributed by atoms with van der Waals surface area (Å²) < 4.78 is 2.01. The van der Waals surface area contributed by atoms with Crippen molar-refractivity contribution < 1.29 is 9.59 Å². The van der Waals surface area contributed by atoms with Crippen molar-refractivity contribution >= 4 is 17.8 Å². The summed E-state index contributed by atoms with van der Waals surface area (Å²) in [4.78, 5) is 31.5. The number of amides is 2. The van der Waals surface area contributed by atoms with Crippen LogP contribution in [0.25, 0.3) is 0 Å². The second kappa shape index (κ2) is 7.81. The molecule has 0 radical (unpaired) electrons. The second-order valence-corrected chi connectivity index (χ2v) is 7.99. The molecule has 28 heavy (non-hydrogen) atoms. The molecule has 150 valence electrons. The van der Waals surface area contributed by atoms with Crippen molar-refractivity contribution in [1.82, 2.24) is 20.1 Å². The number of nitrogens with one attached hydrogen (secondary N) is 2. The van der Waals surface area contributed by atoms with Gasteiger partial charge in [0.2, 0.25) is 11.8 Å². The number of fused-ring (bicyclic) bond motifs is 5. The number of aromatic nitrogens is 1. The van der Waals surface area contributed by atoms with E-state index in [1.54, 1.807) is 0 Å². The van der Waals surface area contributed by atoms with Gasteiger partial charge in [-0.2, -0.15) is 0 Å². The van der Waals surface area contributed by atoms with E-state index in [1.807, 2.05) is 24.7 Å². The number of hydrogen-bond donors (Lipinski definition) is 2. The third kappa shape index (κ3) is 3.45. The Bertz CT molecular complexity index is 781. The van der Waals surface area contributed by atoms with Crippen LogP contribution in [0.15, 0.2) is 35.6 Å². The van der Waals surface area contributed by atoms with Gasteiger partial charge in [-0.25, -0.2) is 4.99 Å². The number of guanidine groups is 1. The van der Waals surface area contributed by atoms with Crippen LogP contribution < -0.4 is 10.6 Å². The van der Waals surface area contributed by atoms with Crippen LogP contribution in [-0.4, -0.2) is 46.9 Å². The lowest BCUT2D eigenvalue weighted by Gasteiger charge is -2.18. The van der Waals surface area contributed by atoms with Crippen molar-refractivity contribution in [2.45, 2.75) is 26.3 Å². The lowest BCUT2D eigenvalue weighted by molar-refractivity contribution is -0.140. The zero-order chi connectivity index (χ0) is 19.7. The third-order valence-electron chi connectivity index (χ3n) is 6.07. The Hall–Kier alpha value is -2.57. The topological polar surface area (TPSA) is 78.7 Å². The summed E-state index contributed by atoms with van der Waals surface area (Å²) in [6.45, 7) is 4.57. The molecule has 7 nitrogen and oxygen atoms in total. The molecule has 4 atom stereocenters. The molecule has 1 aromatic heterocycles. The number of aliphatic imine (C=N–C) groups is 1. The van der Waals surface area contributed by atoms with Gasteiger partial charge in [0.15, 0.2) is 5.96 Å². The lowest BCUT2D eigenvalue weighted by atomic mass is 9.85. The maximum absolute atomic E-state index is 12.7. The van der Waals surface area contributed by atoms with E-state index in [9.17, 15) is 9.59 Å². The molecule has 2 aliphatic carbocycles. The minimum absolute atomic E-state index is 0.0384. The number of imide groups is 1. The molecule has 2 bridgehead atoms. The number of likely N-dealkylation sites (tertiary alicyclic amines) is 1. The summed E-state index contributed by atoms with van der Waals surface area (Å²) in [5.74, 6) is 1.19. The van der Waals surface area contributed by atoms with Crippen molar-refractivity contribution in [3.63, 3.8) is 0 Å². The van der Waals surface area contributed by atoms with Gasteiger partial charge in [0, 0.05) is 39.1 Å². The number of allylic oxidation sites excluding steroid dienone is 2.